The van der Waals surface area contributed by atoms with Crippen molar-refractivity contribution in [1.29, 1.82) is 0 Å². The minimum Gasteiger partial charge on any atom is -0.497 e. The highest BCUT2D eigenvalue weighted by Gasteiger charge is 2.27. The first-order valence-electron chi connectivity index (χ1n) is 10.5. The number of benzene rings is 2. The number of nitrogens with zero attached hydrogens (tertiary/aromatic N) is 2. The van der Waals surface area contributed by atoms with Crippen LogP contribution in [0.3, 0.4) is 0 Å². The molecule has 0 spiro atoms. The zero-order chi connectivity index (χ0) is 22.7. The van der Waals surface area contributed by atoms with Crippen LogP contribution >= 0.6 is 23.2 Å². The molecule has 3 aromatic rings. The van der Waals surface area contributed by atoms with Gasteiger partial charge in [0.25, 0.3) is 0 Å². The Bertz CT molecular complexity index is 1140. The standard InChI is InChI=1S/C24H24Cl2N2O4/c1-31-17-6-2-4-15(12-17)19-13-21(27-24-18(19)7-8-20(25)23(24)26)28-10-3-5-16(28)14-32-11-9-22(29)30/h2,4,6-8,12-13,16H,3,5,9-11,14H2,1H3,(H,29,30)/t16-/m0/s1. The van der Waals surface area contributed by atoms with Crippen LogP contribution in [-0.2, 0) is 9.53 Å². The van der Waals surface area contributed by atoms with E-state index in [1.807, 2.05) is 30.3 Å². The molecule has 1 N–H and O–H groups in total. The fourth-order valence-corrected chi connectivity index (χ4v) is 4.45. The quantitative estimate of drug-likeness (QED) is 0.423. The van der Waals surface area contributed by atoms with E-state index in [-0.39, 0.29) is 19.1 Å². The van der Waals surface area contributed by atoms with E-state index in [1.165, 1.54) is 0 Å². The van der Waals surface area contributed by atoms with E-state index in [4.69, 9.17) is 42.8 Å². The summed E-state index contributed by atoms with van der Waals surface area (Å²) < 4.78 is 11.1. The molecule has 0 aliphatic carbocycles. The topological polar surface area (TPSA) is 71.9 Å². The number of methoxy groups -OCH3 is 1. The summed E-state index contributed by atoms with van der Waals surface area (Å²) in [6.45, 7) is 1.48. The van der Waals surface area contributed by atoms with E-state index in [2.05, 4.69) is 11.0 Å². The Morgan fingerprint density at radius 1 is 1.25 bits per heavy atom. The molecule has 0 bridgehead atoms. The van der Waals surface area contributed by atoms with Gasteiger partial charge in [0.15, 0.2) is 0 Å². The van der Waals surface area contributed by atoms with Crippen LogP contribution in [-0.4, -0.2) is 49.0 Å². The SMILES string of the molecule is COc1cccc(-c2cc(N3CCC[C@H]3COCCC(=O)O)nc3c(Cl)c(Cl)ccc23)c1. The molecule has 8 heteroatoms. The van der Waals surface area contributed by atoms with Gasteiger partial charge in [-0.3, -0.25) is 4.79 Å². The number of rotatable bonds is 8. The number of hydrogen-bond donors (Lipinski definition) is 1. The fourth-order valence-electron chi connectivity index (χ4n) is 4.09. The van der Waals surface area contributed by atoms with E-state index >= 15 is 0 Å². The molecule has 32 heavy (non-hydrogen) atoms. The molecule has 168 valence electrons. The van der Waals surface area contributed by atoms with Gasteiger partial charge in [-0.25, -0.2) is 4.98 Å². The second-order valence-electron chi connectivity index (χ2n) is 7.73. The number of hydrogen-bond acceptors (Lipinski definition) is 5. The van der Waals surface area contributed by atoms with Gasteiger partial charge < -0.3 is 19.5 Å². The smallest absolute Gasteiger partial charge is 0.305 e. The van der Waals surface area contributed by atoms with Crippen molar-refractivity contribution < 1.29 is 19.4 Å². The molecular weight excluding hydrogens is 451 g/mol. The van der Waals surface area contributed by atoms with Crippen LogP contribution in [0.4, 0.5) is 5.82 Å². The van der Waals surface area contributed by atoms with E-state index in [1.54, 1.807) is 13.2 Å². The van der Waals surface area contributed by atoms with Crippen molar-refractivity contribution in [1.82, 2.24) is 4.98 Å². The average molecular weight is 475 g/mol. The predicted octanol–water partition coefficient (Wildman–Crippen LogP) is 5.68. The lowest BCUT2D eigenvalue weighted by molar-refractivity contribution is -0.138. The molecular formula is C24H24Cl2N2O4. The maximum atomic E-state index is 10.8. The van der Waals surface area contributed by atoms with Gasteiger partial charge in [-0.05, 0) is 48.2 Å². The number of carboxylic acid groups (broad SMARTS) is 1. The molecule has 1 saturated heterocycles. The predicted molar refractivity (Wildman–Crippen MR) is 127 cm³/mol. The van der Waals surface area contributed by atoms with E-state index in [0.29, 0.717) is 22.2 Å². The van der Waals surface area contributed by atoms with Crippen molar-refractivity contribution in [2.45, 2.75) is 25.3 Å². The molecule has 6 nitrogen and oxygen atoms in total. The molecule has 1 aromatic heterocycles. The zero-order valence-corrected chi connectivity index (χ0v) is 19.2. The Morgan fingerprint density at radius 2 is 2.09 bits per heavy atom. The first-order chi connectivity index (χ1) is 15.5. The van der Waals surface area contributed by atoms with E-state index in [9.17, 15) is 4.79 Å². The number of ether oxygens (including phenoxy) is 2. The van der Waals surface area contributed by atoms with Crippen LogP contribution in [0, 0.1) is 0 Å². The van der Waals surface area contributed by atoms with Crippen LogP contribution in [0.5, 0.6) is 5.75 Å². The van der Waals surface area contributed by atoms with Crippen LogP contribution in [0.25, 0.3) is 22.0 Å². The number of fused-ring (bicyclic) bond motifs is 1. The summed E-state index contributed by atoms with van der Waals surface area (Å²) in [5.74, 6) is 0.697. The summed E-state index contributed by atoms with van der Waals surface area (Å²) in [7, 11) is 1.64. The first-order valence-corrected chi connectivity index (χ1v) is 11.2. The van der Waals surface area contributed by atoms with Gasteiger partial charge in [0, 0.05) is 11.9 Å². The summed E-state index contributed by atoms with van der Waals surface area (Å²) in [6, 6.07) is 13.8. The summed E-state index contributed by atoms with van der Waals surface area (Å²) >= 11 is 12.9. The second-order valence-corrected chi connectivity index (χ2v) is 8.51. The van der Waals surface area contributed by atoms with Crippen molar-refractivity contribution in [3.8, 4) is 16.9 Å². The minimum absolute atomic E-state index is 0.00492. The molecule has 1 aliphatic heterocycles. The molecule has 2 aromatic carbocycles. The largest absolute Gasteiger partial charge is 0.497 e. The van der Waals surface area contributed by atoms with Gasteiger partial charge >= 0.3 is 5.97 Å². The lowest BCUT2D eigenvalue weighted by Gasteiger charge is -2.27. The number of halogens is 2. The van der Waals surface area contributed by atoms with Gasteiger partial charge in [-0.2, -0.15) is 0 Å². The second kappa shape index (κ2) is 9.94. The van der Waals surface area contributed by atoms with Crippen molar-refractivity contribution in [2.24, 2.45) is 0 Å². The summed E-state index contributed by atoms with van der Waals surface area (Å²) in [5.41, 5.74) is 2.62. The maximum absolute atomic E-state index is 10.8. The van der Waals surface area contributed by atoms with Gasteiger partial charge in [-0.15, -0.1) is 0 Å². The third-order valence-electron chi connectivity index (χ3n) is 5.68. The number of carbonyl (C=O) groups is 1. The first kappa shape index (κ1) is 22.6. The number of aromatic nitrogens is 1. The van der Waals surface area contributed by atoms with E-state index < -0.39 is 5.97 Å². The Labute approximate surface area is 196 Å². The van der Waals surface area contributed by atoms with Crippen molar-refractivity contribution >= 4 is 45.9 Å². The average Bonchev–Trinajstić information content (AvgIpc) is 3.27. The van der Waals surface area contributed by atoms with Crippen LogP contribution in [0.1, 0.15) is 19.3 Å². The monoisotopic (exact) mass is 474 g/mol. The molecule has 0 radical (unpaired) electrons. The molecule has 2 heterocycles. The molecule has 0 unspecified atom stereocenters. The normalized spacial score (nSPS) is 16.0. The van der Waals surface area contributed by atoms with Crippen molar-refractivity contribution in [3.63, 3.8) is 0 Å². The molecule has 0 saturated carbocycles. The molecule has 0 amide bonds. The Balaban J connectivity index is 1.74. The Hall–Kier alpha value is -2.54. The van der Waals surface area contributed by atoms with Crippen LogP contribution in [0.2, 0.25) is 10.0 Å². The third-order valence-corrected chi connectivity index (χ3v) is 6.48. The molecule has 1 atom stereocenters. The van der Waals surface area contributed by atoms with Gasteiger partial charge in [0.1, 0.15) is 11.6 Å². The van der Waals surface area contributed by atoms with E-state index in [0.717, 1.165) is 47.5 Å². The van der Waals surface area contributed by atoms with Crippen LogP contribution in [0.15, 0.2) is 42.5 Å². The van der Waals surface area contributed by atoms with Crippen LogP contribution < -0.4 is 9.64 Å². The summed E-state index contributed by atoms with van der Waals surface area (Å²) in [4.78, 5) is 17.8. The van der Waals surface area contributed by atoms with Gasteiger partial charge in [-0.1, -0.05) is 41.4 Å². The maximum Gasteiger partial charge on any atom is 0.305 e. The molecule has 1 fully saturated rings. The number of pyridine rings is 1. The highest BCUT2D eigenvalue weighted by molar-refractivity contribution is 6.45. The highest BCUT2D eigenvalue weighted by Crippen LogP contribution is 2.39. The van der Waals surface area contributed by atoms with Gasteiger partial charge in [0.05, 0.1) is 48.3 Å². The van der Waals surface area contributed by atoms with Crippen molar-refractivity contribution in [3.05, 3.63) is 52.5 Å². The molecule has 4 rings (SSSR count). The Morgan fingerprint density at radius 3 is 2.88 bits per heavy atom. The molecule has 1 aliphatic rings. The number of anilines is 1. The van der Waals surface area contributed by atoms with Gasteiger partial charge in [0.2, 0.25) is 0 Å². The zero-order valence-electron chi connectivity index (χ0n) is 17.7. The third kappa shape index (κ3) is 4.77. The number of carboxylic acids is 1. The van der Waals surface area contributed by atoms with Crippen molar-refractivity contribution in [2.75, 3.05) is 31.8 Å². The lowest BCUT2D eigenvalue weighted by Crippen LogP contribution is -2.34. The fraction of sp³-hybridized carbons (Fsp3) is 0.333. The number of aliphatic carboxylic acids is 1. The summed E-state index contributed by atoms with van der Waals surface area (Å²) in [5, 5.41) is 10.6. The Kier molecular flexibility index (Phi) is 7.04. The highest BCUT2D eigenvalue weighted by atomic mass is 35.5. The summed E-state index contributed by atoms with van der Waals surface area (Å²) in [6.07, 6.45) is 1.95. The minimum atomic E-state index is -0.862. The lowest BCUT2D eigenvalue weighted by atomic mass is 10.0.